The van der Waals surface area contributed by atoms with Crippen LogP contribution in [0.25, 0.3) is 0 Å². The highest BCUT2D eigenvalue weighted by Crippen LogP contribution is 2.36. The van der Waals surface area contributed by atoms with Crippen LogP contribution in [0, 0.1) is 6.92 Å². The van der Waals surface area contributed by atoms with E-state index in [4.69, 9.17) is 9.47 Å². The second-order valence-corrected chi connectivity index (χ2v) is 11.0. The number of hydrogen-bond donors (Lipinski definition) is 1. The van der Waals surface area contributed by atoms with Gasteiger partial charge in [0, 0.05) is 19.2 Å². The lowest BCUT2D eigenvalue weighted by Crippen LogP contribution is -2.51. The van der Waals surface area contributed by atoms with Crippen molar-refractivity contribution in [2.45, 2.75) is 38.3 Å². The number of nitrogens with zero attached hydrogens (tertiary/aromatic N) is 2. The van der Waals surface area contributed by atoms with Crippen LogP contribution in [0.5, 0.6) is 11.5 Å². The molecule has 4 rings (SSSR count). The van der Waals surface area contributed by atoms with Crippen LogP contribution in [0.3, 0.4) is 0 Å². The second-order valence-electron chi connectivity index (χ2n) is 9.17. The maximum Gasteiger partial charge on any atom is 0.264 e. The maximum absolute atomic E-state index is 13.9. The zero-order valence-corrected chi connectivity index (χ0v) is 23.1. The van der Waals surface area contributed by atoms with Gasteiger partial charge >= 0.3 is 0 Å². The van der Waals surface area contributed by atoms with Crippen molar-refractivity contribution in [1.82, 2.24) is 10.2 Å². The Labute approximate surface area is 229 Å². The molecule has 0 radical (unpaired) electrons. The quantitative estimate of drug-likeness (QED) is 0.414. The first kappa shape index (κ1) is 28.0. The number of hydrogen-bond acceptors (Lipinski definition) is 6. The minimum absolute atomic E-state index is 0.0370. The smallest absolute Gasteiger partial charge is 0.264 e. The molecule has 0 unspecified atom stereocenters. The molecule has 1 heterocycles. The van der Waals surface area contributed by atoms with E-state index in [0.717, 1.165) is 15.4 Å². The van der Waals surface area contributed by atoms with Gasteiger partial charge in [0.25, 0.3) is 10.0 Å². The van der Waals surface area contributed by atoms with Crippen LogP contribution in [-0.4, -0.2) is 57.5 Å². The Bertz CT molecular complexity index is 1430. The fourth-order valence-corrected chi connectivity index (χ4v) is 5.74. The number of anilines is 1. The summed E-state index contributed by atoms with van der Waals surface area (Å²) < 4.78 is 40.1. The number of fused-ring (bicyclic) bond motifs is 1. The largest absolute Gasteiger partial charge is 0.486 e. The molecule has 206 valence electrons. The van der Waals surface area contributed by atoms with Gasteiger partial charge in [0.2, 0.25) is 11.8 Å². The van der Waals surface area contributed by atoms with Gasteiger partial charge in [-0.25, -0.2) is 8.42 Å². The molecular weight excluding hydrogens is 518 g/mol. The Morgan fingerprint density at radius 2 is 1.62 bits per heavy atom. The molecule has 3 aromatic carbocycles. The predicted molar refractivity (Wildman–Crippen MR) is 148 cm³/mol. The molecule has 0 bridgehead atoms. The van der Waals surface area contributed by atoms with Gasteiger partial charge in [0.1, 0.15) is 25.8 Å². The van der Waals surface area contributed by atoms with Crippen molar-refractivity contribution in [2.75, 3.05) is 30.6 Å². The molecule has 0 aliphatic carbocycles. The molecule has 39 heavy (non-hydrogen) atoms. The SMILES string of the molecule is CCNC(=O)[C@@H](C)N(Cc1ccccc1C)C(=O)CN(c1ccc2c(c1)OCCO2)S(=O)(=O)c1ccccc1. The third-order valence-electron chi connectivity index (χ3n) is 6.54. The van der Waals surface area contributed by atoms with E-state index in [1.54, 1.807) is 50.2 Å². The number of benzene rings is 3. The Morgan fingerprint density at radius 3 is 2.31 bits per heavy atom. The van der Waals surface area contributed by atoms with Gasteiger partial charge in [-0.15, -0.1) is 0 Å². The Kier molecular flexibility index (Phi) is 8.75. The van der Waals surface area contributed by atoms with Crippen LogP contribution >= 0.6 is 0 Å². The topological polar surface area (TPSA) is 105 Å². The lowest BCUT2D eigenvalue weighted by molar-refractivity contribution is -0.139. The van der Waals surface area contributed by atoms with Gasteiger partial charge in [-0.1, -0.05) is 42.5 Å². The third kappa shape index (κ3) is 6.34. The Morgan fingerprint density at radius 1 is 0.949 bits per heavy atom. The fraction of sp³-hybridized carbons (Fsp3) is 0.310. The number of aryl methyl sites for hydroxylation is 1. The van der Waals surface area contributed by atoms with E-state index in [1.807, 2.05) is 31.2 Å². The number of rotatable bonds is 10. The van der Waals surface area contributed by atoms with Gasteiger partial charge in [-0.2, -0.15) is 0 Å². The van der Waals surface area contributed by atoms with Crippen molar-refractivity contribution in [3.63, 3.8) is 0 Å². The van der Waals surface area contributed by atoms with Gasteiger partial charge < -0.3 is 19.7 Å². The minimum Gasteiger partial charge on any atom is -0.486 e. The summed E-state index contributed by atoms with van der Waals surface area (Å²) in [4.78, 5) is 28.2. The molecule has 1 aliphatic rings. The third-order valence-corrected chi connectivity index (χ3v) is 8.33. The van der Waals surface area contributed by atoms with E-state index in [0.29, 0.717) is 31.3 Å². The molecule has 1 atom stereocenters. The van der Waals surface area contributed by atoms with E-state index < -0.39 is 28.5 Å². The molecule has 3 aromatic rings. The molecule has 1 aliphatic heterocycles. The summed E-state index contributed by atoms with van der Waals surface area (Å²) in [5.74, 6) is 0.0500. The van der Waals surface area contributed by atoms with E-state index in [1.165, 1.54) is 17.0 Å². The molecule has 2 amide bonds. The molecule has 0 saturated heterocycles. The van der Waals surface area contributed by atoms with Crippen LogP contribution in [0.4, 0.5) is 5.69 Å². The average molecular weight is 552 g/mol. The summed E-state index contributed by atoms with van der Waals surface area (Å²) >= 11 is 0. The molecule has 1 N–H and O–H groups in total. The molecule has 0 aromatic heterocycles. The standard InChI is InChI=1S/C29H33N3O6S/c1-4-30-29(34)22(3)31(19-23-11-9-8-10-21(23)2)28(33)20-32(39(35,36)25-12-6-5-7-13-25)24-14-15-26-27(18-24)38-17-16-37-26/h5-15,18,22H,4,16-17,19-20H2,1-3H3,(H,30,34)/t22-/m1/s1. The number of likely N-dealkylation sites (N-methyl/N-ethyl adjacent to an activating group) is 1. The highest BCUT2D eigenvalue weighted by molar-refractivity contribution is 7.92. The van der Waals surface area contributed by atoms with Gasteiger partial charge in [-0.3, -0.25) is 13.9 Å². The first-order valence-electron chi connectivity index (χ1n) is 12.8. The van der Waals surface area contributed by atoms with Crippen molar-refractivity contribution in [2.24, 2.45) is 0 Å². The Balaban J connectivity index is 1.74. The molecule has 9 nitrogen and oxygen atoms in total. The molecule has 10 heteroatoms. The maximum atomic E-state index is 13.9. The highest BCUT2D eigenvalue weighted by Gasteiger charge is 2.33. The molecule has 0 saturated carbocycles. The van der Waals surface area contributed by atoms with E-state index in [9.17, 15) is 18.0 Å². The van der Waals surface area contributed by atoms with Gasteiger partial charge in [-0.05, 0) is 56.2 Å². The fourth-order valence-electron chi connectivity index (χ4n) is 4.31. The van der Waals surface area contributed by atoms with E-state index >= 15 is 0 Å². The van der Waals surface area contributed by atoms with Crippen LogP contribution in [-0.2, 0) is 26.2 Å². The van der Waals surface area contributed by atoms with Crippen molar-refractivity contribution >= 4 is 27.5 Å². The summed E-state index contributed by atoms with van der Waals surface area (Å²) in [6.45, 7) is 6.11. The average Bonchev–Trinajstić information content (AvgIpc) is 2.95. The number of amides is 2. The predicted octanol–water partition coefficient (Wildman–Crippen LogP) is 3.51. The number of carbonyl (C=O) groups excluding carboxylic acids is 2. The van der Waals surface area contributed by atoms with Crippen molar-refractivity contribution < 1.29 is 27.5 Å². The van der Waals surface area contributed by atoms with Crippen LogP contribution in [0.15, 0.2) is 77.7 Å². The summed E-state index contributed by atoms with van der Waals surface area (Å²) in [7, 11) is -4.16. The van der Waals surface area contributed by atoms with Crippen LogP contribution in [0.1, 0.15) is 25.0 Å². The molecular formula is C29H33N3O6S. The van der Waals surface area contributed by atoms with Crippen molar-refractivity contribution in [1.29, 1.82) is 0 Å². The number of nitrogens with one attached hydrogen (secondary N) is 1. The van der Waals surface area contributed by atoms with Gasteiger partial charge in [0.15, 0.2) is 11.5 Å². The van der Waals surface area contributed by atoms with Crippen LogP contribution in [0.2, 0.25) is 0 Å². The monoisotopic (exact) mass is 551 g/mol. The van der Waals surface area contributed by atoms with E-state index in [2.05, 4.69) is 5.32 Å². The summed E-state index contributed by atoms with van der Waals surface area (Å²) in [6.07, 6.45) is 0. The summed E-state index contributed by atoms with van der Waals surface area (Å²) in [5.41, 5.74) is 2.07. The lowest BCUT2D eigenvalue weighted by Gasteiger charge is -2.32. The second kappa shape index (κ2) is 12.2. The summed E-state index contributed by atoms with van der Waals surface area (Å²) in [6, 6.07) is 19.4. The molecule has 0 spiro atoms. The van der Waals surface area contributed by atoms with E-state index in [-0.39, 0.29) is 23.0 Å². The normalized spacial score (nSPS) is 13.3. The lowest BCUT2D eigenvalue weighted by atomic mass is 10.1. The van der Waals surface area contributed by atoms with Gasteiger partial charge in [0.05, 0.1) is 10.6 Å². The molecule has 0 fully saturated rings. The van der Waals surface area contributed by atoms with Crippen LogP contribution < -0.4 is 19.1 Å². The minimum atomic E-state index is -4.16. The van der Waals surface area contributed by atoms with Crippen molar-refractivity contribution in [3.05, 3.63) is 83.9 Å². The first-order chi connectivity index (χ1) is 18.7. The Hall–Kier alpha value is -4.05. The zero-order chi connectivity index (χ0) is 28.0. The number of carbonyl (C=O) groups is 2. The number of sulfonamides is 1. The van der Waals surface area contributed by atoms with Crippen molar-refractivity contribution in [3.8, 4) is 11.5 Å². The highest BCUT2D eigenvalue weighted by atomic mass is 32.2. The number of ether oxygens (including phenoxy) is 2. The summed E-state index contributed by atoms with van der Waals surface area (Å²) in [5, 5.41) is 2.76. The first-order valence-corrected chi connectivity index (χ1v) is 14.3. The zero-order valence-electron chi connectivity index (χ0n) is 22.3.